The van der Waals surface area contributed by atoms with Crippen LogP contribution in [0.2, 0.25) is 0 Å². The van der Waals surface area contributed by atoms with Gasteiger partial charge in [0, 0.05) is 14.1 Å². The van der Waals surface area contributed by atoms with Crippen molar-refractivity contribution in [2.45, 2.75) is 12.5 Å². The Labute approximate surface area is 147 Å². The Morgan fingerprint density at radius 3 is 2.32 bits per heavy atom. The average Bonchev–Trinajstić information content (AvgIpc) is 2.62. The molecule has 0 radical (unpaired) electrons. The highest BCUT2D eigenvalue weighted by molar-refractivity contribution is 5.91. The monoisotopic (exact) mass is 341 g/mol. The number of methoxy groups -OCH3 is 1. The second-order valence-electron chi connectivity index (χ2n) is 5.75. The van der Waals surface area contributed by atoms with Crippen LogP contribution in [0.25, 0.3) is 0 Å². The van der Waals surface area contributed by atoms with Gasteiger partial charge in [-0.15, -0.1) is 0 Å². The topological polar surface area (TPSA) is 70.7 Å². The molecule has 0 aliphatic rings. The summed E-state index contributed by atoms with van der Waals surface area (Å²) < 4.78 is 5.23. The number of ether oxygens (including phenoxy) is 1. The summed E-state index contributed by atoms with van der Waals surface area (Å²) in [6, 6.07) is 15.7. The summed E-state index contributed by atoms with van der Waals surface area (Å²) in [7, 11) is 4.93. The Morgan fingerprint density at radius 2 is 1.68 bits per heavy atom. The molecule has 2 N–H and O–H groups in total. The second kappa shape index (κ2) is 8.73. The van der Waals surface area contributed by atoms with E-state index in [1.165, 1.54) is 4.90 Å². The van der Waals surface area contributed by atoms with Gasteiger partial charge in [0.05, 0.1) is 25.3 Å². The maximum Gasteiger partial charge on any atom is 0.319 e. The van der Waals surface area contributed by atoms with Gasteiger partial charge in [-0.3, -0.25) is 4.79 Å². The molecule has 0 heterocycles. The van der Waals surface area contributed by atoms with Gasteiger partial charge in [0.1, 0.15) is 5.75 Å². The number of benzene rings is 2. The lowest BCUT2D eigenvalue weighted by Crippen LogP contribution is -2.36. The van der Waals surface area contributed by atoms with Crippen molar-refractivity contribution >= 4 is 17.6 Å². The molecule has 0 aliphatic carbocycles. The standard InChI is InChI=1S/C19H23N3O3/c1-22(2)18(23)13-16(14-9-5-4-6-10-14)21-19(24)20-15-11-7-8-12-17(15)25-3/h4-12,16H,13H2,1-3H3,(H2,20,21,24)/t16-/m1/s1. The van der Waals surface area contributed by atoms with Crippen LogP contribution in [0.5, 0.6) is 5.75 Å². The number of nitrogens with one attached hydrogen (secondary N) is 2. The first kappa shape index (κ1) is 18.3. The zero-order chi connectivity index (χ0) is 18.2. The van der Waals surface area contributed by atoms with Gasteiger partial charge >= 0.3 is 6.03 Å². The van der Waals surface area contributed by atoms with Gasteiger partial charge in [-0.2, -0.15) is 0 Å². The summed E-state index contributed by atoms with van der Waals surface area (Å²) in [6.45, 7) is 0. The normalized spacial score (nSPS) is 11.3. The molecule has 1 atom stereocenters. The summed E-state index contributed by atoms with van der Waals surface area (Å²) in [6.07, 6.45) is 0.177. The van der Waals surface area contributed by atoms with E-state index < -0.39 is 12.1 Å². The van der Waals surface area contributed by atoms with Gasteiger partial charge in [0.2, 0.25) is 5.91 Å². The lowest BCUT2D eigenvalue weighted by atomic mass is 10.0. The van der Waals surface area contributed by atoms with Gasteiger partial charge in [-0.25, -0.2) is 4.79 Å². The van der Waals surface area contributed by atoms with Crippen molar-refractivity contribution in [1.29, 1.82) is 0 Å². The number of amides is 3. The molecular formula is C19H23N3O3. The lowest BCUT2D eigenvalue weighted by molar-refractivity contribution is -0.129. The first-order valence-electron chi connectivity index (χ1n) is 7.97. The summed E-state index contributed by atoms with van der Waals surface area (Å²) >= 11 is 0. The fraction of sp³-hybridized carbons (Fsp3) is 0.263. The third-order valence-electron chi connectivity index (χ3n) is 3.74. The number of nitrogens with zero attached hydrogens (tertiary/aromatic N) is 1. The van der Waals surface area contributed by atoms with Crippen molar-refractivity contribution in [2.75, 3.05) is 26.5 Å². The van der Waals surface area contributed by atoms with Gasteiger partial charge in [0.15, 0.2) is 0 Å². The predicted octanol–water partition coefficient (Wildman–Crippen LogP) is 3.04. The molecule has 0 fully saturated rings. The van der Waals surface area contributed by atoms with Gasteiger partial charge in [-0.05, 0) is 17.7 Å². The van der Waals surface area contributed by atoms with Gasteiger partial charge in [-0.1, -0.05) is 42.5 Å². The minimum Gasteiger partial charge on any atom is -0.495 e. The SMILES string of the molecule is COc1ccccc1NC(=O)N[C@H](CC(=O)N(C)C)c1ccccc1. The summed E-state index contributed by atoms with van der Waals surface area (Å²) in [5.74, 6) is 0.504. The number of hydrogen-bond donors (Lipinski definition) is 2. The number of rotatable bonds is 6. The fourth-order valence-corrected chi connectivity index (χ4v) is 2.36. The third-order valence-corrected chi connectivity index (χ3v) is 3.74. The summed E-state index contributed by atoms with van der Waals surface area (Å²) in [5, 5.41) is 5.63. The molecule has 2 aromatic carbocycles. The molecule has 0 aromatic heterocycles. The average molecular weight is 341 g/mol. The van der Waals surface area contributed by atoms with E-state index in [1.54, 1.807) is 33.3 Å². The van der Waals surface area contributed by atoms with Crippen LogP contribution in [0.15, 0.2) is 54.6 Å². The molecule has 0 saturated carbocycles. The van der Waals surface area contributed by atoms with E-state index in [2.05, 4.69) is 10.6 Å². The Bertz CT molecular complexity index is 717. The fourth-order valence-electron chi connectivity index (χ4n) is 2.36. The molecule has 0 saturated heterocycles. The minimum absolute atomic E-state index is 0.0635. The Balaban J connectivity index is 2.12. The number of carbonyl (C=O) groups is 2. The van der Waals surface area contributed by atoms with Crippen LogP contribution in [0.3, 0.4) is 0 Å². The Morgan fingerprint density at radius 1 is 1.04 bits per heavy atom. The molecule has 0 spiro atoms. The lowest BCUT2D eigenvalue weighted by Gasteiger charge is -2.21. The molecule has 0 unspecified atom stereocenters. The molecule has 0 aliphatic heterocycles. The van der Waals surface area contributed by atoms with E-state index >= 15 is 0 Å². The van der Waals surface area contributed by atoms with Crippen LogP contribution in [-0.4, -0.2) is 38.0 Å². The molecule has 0 bridgehead atoms. The van der Waals surface area contributed by atoms with Crippen LogP contribution < -0.4 is 15.4 Å². The van der Waals surface area contributed by atoms with Crippen molar-refractivity contribution in [3.05, 3.63) is 60.2 Å². The molecule has 132 valence electrons. The Kier molecular flexibility index (Phi) is 6.39. The predicted molar refractivity (Wildman–Crippen MR) is 97.6 cm³/mol. The molecule has 6 nitrogen and oxygen atoms in total. The maximum atomic E-state index is 12.4. The molecule has 3 amide bonds. The second-order valence-corrected chi connectivity index (χ2v) is 5.75. The first-order valence-corrected chi connectivity index (χ1v) is 7.97. The number of para-hydroxylation sites is 2. The van der Waals surface area contributed by atoms with Crippen LogP contribution in [-0.2, 0) is 4.79 Å². The number of carbonyl (C=O) groups excluding carboxylic acids is 2. The van der Waals surface area contributed by atoms with Crippen molar-refractivity contribution in [3.63, 3.8) is 0 Å². The first-order chi connectivity index (χ1) is 12.0. The summed E-state index contributed by atoms with van der Waals surface area (Å²) in [5.41, 5.74) is 1.43. The van der Waals surface area contributed by atoms with Crippen molar-refractivity contribution in [2.24, 2.45) is 0 Å². The van der Waals surface area contributed by atoms with Crippen LogP contribution in [0, 0.1) is 0 Å². The van der Waals surface area contributed by atoms with Crippen LogP contribution in [0.4, 0.5) is 10.5 Å². The zero-order valence-electron chi connectivity index (χ0n) is 14.7. The van der Waals surface area contributed by atoms with E-state index in [-0.39, 0.29) is 12.3 Å². The molecular weight excluding hydrogens is 318 g/mol. The van der Waals surface area contributed by atoms with E-state index in [4.69, 9.17) is 4.74 Å². The van der Waals surface area contributed by atoms with Crippen LogP contribution >= 0.6 is 0 Å². The zero-order valence-corrected chi connectivity index (χ0v) is 14.7. The highest BCUT2D eigenvalue weighted by Gasteiger charge is 2.20. The maximum absolute atomic E-state index is 12.4. The van der Waals surface area contributed by atoms with Crippen LogP contribution in [0.1, 0.15) is 18.0 Å². The third kappa shape index (κ3) is 5.24. The highest BCUT2D eigenvalue weighted by atomic mass is 16.5. The minimum atomic E-state index is -0.425. The summed E-state index contributed by atoms with van der Waals surface area (Å²) in [4.78, 5) is 26.0. The smallest absolute Gasteiger partial charge is 0.319 e. The van der Waals surface area contributed by atoms with E-state index in [9.17, 15) is 9.59 Å². The largest absolute Gasteiger partial charge is 0.495 e. The highest BCUT2D eigenvalue weighted by Crippen LogP contribution is 2.23. The molecule has 6 heteroatoms. The number of anilines is 1. The van der Waals surface area contributed by atoms with Gasteiger partial charge in [0.25, 0.3) is 0 Å². The van der Waals surface area contributed by atoms with Gasteiger partial charge < -0.3 is 20.3 Å². The quantitative estimate of drug-likeness (QED) is 0.848. The van der Waals surface area contributed by atoms with Crippen molar-refractivity contribution < 1.29 is 14.3 Å². The Hall–Kier alpha value is -3.02. The molecule has 2 rings (SSSR count). The molecule has 2 aromatic rings. The van der Waals surface area contributed by atoms with E-state index in [0.717, 1.165) is 5.56 Å². The molecule has 25 heavy (non-hydrogen) atoms. The number of urea groups is 1. The number of hydrogen-bond acceptors (Lipinski definition) is 3. The van der Waals surface area contributed by atoms with Crippen molar-refractivity contribution in [1.82, 2.24) is 10.2 Å². The van der Waals surface area contributed by atoms with E-state index in [1.807, 2.05) is 42.5 Å². The van der Waals surface area contributed by atoms with E-state index in [0.29, 0.717) is 11.4 Å². The van der Waals surface area contributed by atoms with Crippen molar-refractivity contribution in [3.8, 4) is 5.75 Å².